The smallest absolute Gasteiger partial charge is 0.330 e. The van der Waals surface area contributed by atoms with Crippen LogP contribution in [0, 0.1) is 0 Å². The number of rotatable bonds is 6. The number of carboxylic acids is 1. The highest BCUT2D eigenvalue weighted by molar-refractivity contribution is 5.80. The van der Waals surface area contributed by atoms with E-state index in [9.17, 15) is 9.90 Å². The van der Waals surface area contributed by atoms with Gasteiger partial charge in [0.05, 0.1) is 19.9 Å². The Labute approximate surface area is 123 Å². The third kappa shape index (κ3) is 3.45. The summed E-state index contributed by atoms with van der Waals surface area (Å²) in [4.78, 5) is 11.5. The van der Waals surface area contributed by atoms with Crippen LogP contribution >= 0.6 is 0 Å². The molecule has 0 aliphatic carbocycles. The lowest BCUT2D eigenvalue weighted by molar-refractivity contribution is -0.138. The molecule has 1 unspecified atom stereocenters. The number of para-hydroxylation sites is 2. The molecule has 2 aromatic rings. The van der Waals surface area contributed by atoms with E-state index in [1.165, 1.54) is 0 Å². The molecule has 0 spiro atoms. The lowest BCUT2D eigenvalue weighted by Gasteiger charge is -2.18. The van der Waals surface area contributed by atoms with Gasteiger partial charge in [0.1, 0.15) is 11.5 Å². The molecule has 0 saturated heterocycles. The molecule has 1 atom stereocenters. The van der Waals surface area contributed by atoms with Gasteiger partial charge in [-0.2, -0.15) is 0 Å². The minimum absolute atomic E-state index is 0.595. The van der Waals surface area contributed by atoms with Crippen molar-refractivity contribution in [1.29, 1.82) is 0 Å². The molecular weight excluding hydrogens is 270 g/mol. The number of methoxy groups -OCH3 is 2. The van der Waals surface area contributed by atoms with Crippen LogP contribution < -0.4 is 14.8 Å². The monoisotopic (exact) mass is 287 g/mol. The van der Waals surface area contributed by atoms with E-state index in [2.05, 4.69) is 5.32 Å². The van der Waals surface area contributed by atoms with Crippen molar-refractivity contribution in [3.8, 4) is 11.5 Å². The van der Waals surface area contributed by atoms with Crippen LogP contribution in [0.1, 0.15) is 11.6 Å². The van der Waals surface area contributed by atoms with Crippen LogP contribution in [-0.4, -0.2) is 25.3 Å². The second-order valence-corrected chi connectivity index (χ2v) is 4.39. The van der Waals surface area contributed by atoms with Gasteiger partial charge in [0.25, 0.3) is 0 Å². The highest BCUT2D eigenvalue weighted by atomic mass is 16.5. The van der Waals surface area contributed by atoms with E-state index >= 15 is 0 Å². The first-order valence-corrected chi connectivity index (χ1v) is 6.42. The molecule has 0 saturated carbocycles. The van der Waals surface area contributed by atoms with Gasteiger partial charge in [0.15, 0.2) is 6.04 Å². The fraction of sp³-hybridized carbons (Fsp3) is 0.188. The average molecular weight is 287 g/mol. The predicted molar refractivity (Wildman–Crippen MR) is 80.0 cm³/mol. The van der Waals surface area contributed by atoms with Crippen molar-refractivity contribution in [2.75, 3.05) is 19.5 Å². The SMILES string of the molecule is COc1ccc(C(Nc2ccccc2OC)C(=O)O)cc1. The molecule has 0 radical (unpaired) electrons. The summed E-state index contributed by atoms with van der Waals surface area (Å²) in [6.45, 7) is 0. The number of carboxylic acid groups (broad SMARTS) is 1. The summed E-state index contributed by atoms with van der Waals surface area (Å²) in [5.74, 6) is 0.309. The molecule has 0 heterocycles. The number of benzene rings is 2. The second kappa shape index (κ2) is 6.65. The molecule has 2 rings (SSSR count). The third-order valence-corrected chi connectivity index (χ3v) is 3.10. The predicted octanol–water partition coefficient (Wildman–Crippen LogP) is 2.94. The average Bonchev–Trinajstić information content (AvgIpc) is 2.53. The van der Waals surface area contributed by atoms with Gasteiger partial charge in [-0.1, -0.05) is 24.3 Å². The summed E-state index contributed by atoms with van der Waals surface area (Å²) >= 11 is 0. The van der Waals surface area contributed by atoms with Crippen molar-refractivity contribution in [2.45, 2.75) is 6.04 Å². The maximum atomic E-state index is 11.5. The lowest BCUT2D eigenvalue weighted by atomic mass is 10.1. The topological polar surface area (TPSA) is 67.8 Å². The first-order chi connectivity index (χ1) is 10.2. The molecular formula is C16H17NO4. The number of nitrogens with one attached hydrogen (secondary N) is 1. The summed E-state index contributed by atoms with van der Waals surface area (Å²) < 4.78 is 10.3. The van der Waals surface area contributed by atoms with E-state index in [-0.39, 0.29) is 0 Å². The van der Waals surface area contributed by atoms with Crippen molar-refractivity contribution in [2.24, 2.45) is 0 Å². The molecule has 2 N–H and O–H groups in total. The Hall–Kier alpha value is -2.69. The molecule has 5 heteroatoms. The Bertz CT molecular complexity index is 610. The van der Waals surface area contributed by atoms with Gasteiger partial charge in [-0.05, 0) is 29.8 Å². The van der Waals surface area contributed by atoms with Crippen molar-refractivity contribution < 1.29 is 19.4 Å². The minimum Gasteiger partial charge on any atom is -0.497 e. The van der Waals surface area contributed by atoms with Crippen molar-refractivity contribution in [1.82, 2.24) is 0 Å². The van der Waals surface area contributed by atoms with Crippen LogP contribution in [-0.2, 0) is 4.79 Å². The van der Waals surface area contributed by atoms with E-state index < -0.39 is 12.0 Å². The van der Waals surface area contributed by atoms with E-state index in [4.69, 9.17) is 9.47 Å². The normalized spacial score (nSPS) is 11.5. The standard InChI is InChI=1S/C16H17NO4/c1-20-12-9-7-11(8-10-12)15(16(18)19)17-13-5-3-4-6-14(13)21-2/h3-10,15,17H,1-2H3,(H,18,19). The second-order valence-electron chi connectivity index (χ2n) is 4.39. The molecule has 5 nitrogen and oxygen atoms in total. The Morgan fingerprint density at radius 1 is 1.05 bits per heavy atom. The van der Waals surface area contributed by atoms with Crippen molar-refractivity contribution in [3.05, 3.63) is 54.1 Å². The Morgan fingerprint density at radius 2 is 1.71 bits per heavy atom. The molecule has 0 aliphatic rings. The molecule has 0 amide bonds. The summed E-state index contributed by atoms with van der Waals surface area (Å²) in [5, 5.41) is 12.4. The summed E-state index contributed by atoms with van der Waals surface area (Å²) in [7, 11) is 3.11. The largest absolute Gasteiger partial charge is 0.497 e. The lowest BCUT2D eigenvalue weighted by Crippen LogP contribution is -2.20. The van der Waals surface area contributed by atoms with Gasteiger partial charge in [0.2, 0.25) is 0 Å². The van der Waals surface area contributed by atoms with Crippen LogP contribution in [0.3, 0.4) is 0 Å². The van der Waals surface area contributed by atoms with Crippen LogP contribution in [0.2, 0.25) is 0 Å². The first kappa shape index (κ1) is 14.7. The Morgan fingerprint density at radius 3 is 2.29 bits per heavy atom. The number of hydrogen-bond acceptors (Lipinski definition) is 4. The quantitative estimate of drug-likeness (QED) is 0.855. The molecule has 0 fully saturated rings. The number of hydrogen-bond donors (Lipinski definition) is 2. The van der Waals surface area contributed by atoms with Crippen LogP contribution in [0.25, 0.3) is 0 Å². The summed E-state index contributed by atoms with van der Waals surface area (Å²) in [6.07, 6.45) is 0. The molecule has 0 aliphatic heterocycles. The van der Waals surface area contributed by atoms with Gasteiger partial charge < -0.3 is 19.9 Å². The Balaban J connectivity index is 2.28. The van der Waals surface area contributed by atoms with Gasteiger partial charge in [-0.3, -0.25) is 0 Å². The zero-order chi connectivity index (χ0) is 15.2. The highest BCUT2D eigenvalue weighted by Gasteiger charge is 2.20. The van der Waals surface area contributed by atoms with Crippen molar-refractivity contribution in [3.63, 3.8) is 0 Å². The zero-order valence-electron chi connectivity index (χ0n) is 11.9. The van der Waals surface area contributed by atoms with Crippen molar-refractivity contribution >= 4 is 11.7 Å². The third-order valence-electron chi connectivity index (χ3n) is 3.10. The minimum atomic E-state index is -0.967. The van der Waals surface area contributed by atoms with Gasteiger partial charge in [0, 0.05) is 0 Å². The summed E-state index contributed by atoms with van der Waals surface area (Å²) in [6, 6.07) is 13.2. The number of aliphatic carboxylic acids is 1. The van der Waals surface area contributed by atoms with Gasteiger partial charge in [-0.25, -0.2) is 4.79 Å². The van der Waals surface area contributed by atoms with E-state index in [0.29, 0.717) is 22.7 Å². The van der Waals surface area contributed by atoms with E-state index in [1.807, 2.05) is 12.1 Å². The van der Waals surface area contributed by atoms with E-state index in [0.717, 1.165) is 0 Å². The fourth-order valence-corrected chi connectivity index (χ4v) is 2.00. The molecule has 2 aromatic carbocycles. The molecule has 0 aromatic heterocycles. The molecule has 21 heavy (non-hydrogen) atoms. The number of carbonyl (C=O) groups is 1. The fourth-order valence-electron chi connectivity index (χ4n) is 2.00. The van der Waals surface area contributed by atoms with Crippen LogP contribution in [0.5, 0.6) is 11.5 Å². The number of ether oxygens (including phenoxy) is 2. The summed E-state index contributed by atoms with van der Waals surface area (Å²) in [5.41, 5.74) is 1.26. The first-order valence-electron chi connectivity index (χ1n) is 6.42. The number of anilines is 1. The molecule has 0 bridgehead atoms. The van der Waals surface area contributed by atoms with Gasteiger partial charge >= 0.3 is 5.97 Å². The maximum Gasteiger partial charge on any atom is 0.330 e. The maximum absolute atomic E-state index is 11.5. The van der Waals surface area contributed by atoms with Crippen LogP contribution in [0.15, 0.2) is 48.5 Å². The Kier molecular flexibility index (Phi) is 4.66. The molecule has 110 valence electrons. The van der Waals surface area contributed by atoms with Crippen LogP contribution in [0.4, 0.5) is 5.69 Å². The van der Waals surface area contributed by atoms with E-state index in [1.54, 1.807) is 50.6 Å². The highest BCUT2D eigenvalue weighted by Crippen LogP contribution is 2.28. The van der Waals surface area contributed by atoms with Gasteiger partial charge in [-0.15, -0.1) is 0 Å². The zero-order valence-corrected chi connectivity index (χ0v) is 11.9.